The van der Waals surface area contributed by atoms with Gasteiger partial charge in [-0.15, -0.1) is 12.4 Å². The predicted molar refractivity (Wildman–Crippen MR) is 103 cm³/mol. The van der Waals surface area contributed by atoms with Gasteiger partial charge in [0.15, 0.2) is 0 Å². The number of carbonyl (C=O) groups excluding carboxylic acids is 1. The van der Waals surface area contributed by atoms with Gasteiger partial charge in [-0.05, 0) is 42.7 Å². The van der Waals surface area contributed by atoms with Crippen LogP contribution in [-0.4, -0.2) is 61.0 Å². The second-order valence-corrected chi connectivity index (χ2v) is 7.56. The smallest absolute Gasteiger partial charge is 0.223 e. The lowest BCUT2D eigenvalue weighted by Gasteiger charge is -2.32. The molecule has 1 amide bonds. The second kappa shape index (κ2) is 8.52. The van der Waals surface area contributed by atoms with E-state index in [1.54, 1.807) is 0 Å². The molecule has 2 saturated heterocycles. The van der Waals surface area contributed by atoms with E-state index in [1.807, 2.05) is 0 Å². The molecule has 1 aromatic rings. The van der Waals surface area contributed by atoms with Gasteiger partial charge in [0, 0.05) is 51.7 Å². The van der Waals surface area contributed by atoms with Gasteiger partial charge in [-0.3, -0.25) is 9.69 Å². The predicted octanol–water partition coefficient (Wildman–Crippen LogP) is 2.42. The Morgan fingerprint density at radius 2 is 1.92 bits per heavy atom. The molecule has 1 aliphatic carbocycles. The summed E-state index contributed by atoms with van der Waals surface area (Å²) in [5.41, 5.74) is 2.89. The van der Waals surface area contributed by atoms with Crippen molar-refractivity contribution in [1.82, 2.24) is 15.1 Å². The molecule has 2 atom stereocenters. The van der Waals surface area contributed by atoms with E-state index in [0.717, 1.165) is 52.1 Å². The van der Waals surface area contributed by atoms with Gasteiger partial charge in [0.2, 0.25) is 5.91 Å². The standard InChI is InChI=1S/C20H29N3O.ClH/c24-20(14-17-6-3-5-16-4-1-2-7-19(16)17)23-11-8-18(15-23)22-12-9-21-10-13-22;/h1-2,4,7,17-18,21H,3,5-6,8-15H2;1H. The first-order valence-corrected chi connectivity index (χ1v) is 9.61. The summed E-state index contributed by atoms with van der Waals surface area (Å²) in [5.74, 6) is 0.801. The van der Waals surface area contributed by atoms with Crippen molar-refractivity contribution in [3.8, 4) is 0 Å². The van der Waals surface area contributed by atoms with Gasteiger partial charge in [0.05, 0.1) is 0 Å². The number of amides is 1. The van der Waals surface area contributed by atoms with Gasteiger partial charge in [0.1, 0.15) is 0 Å². The Balaban J connectivity index is 0.00000182. The zero-order valence-electron chi connectivity index (χ0n) is 15.0. The van der Waals surface area contributed by atoms with Crippen molar-refractivity contribution in [1.29, 1.82) is 0 Å². The molecule has 5 heteroatoms. The fourth-order valence-corrected chi connectivity index (χ4v) is 4.72. The molecule has 0 bridgehead atoms. The molecule has 0 aromatic heterocycles. The number of hydrogen-bond acceptors (Lipinski definition) is 3. The molecule has 1 N–H and O–H groups in total. The molecule has 138 valence electrons. The van der Waals surface area contributed by atoms with Crippen LogP contribution in [0.1, 0.15) is 42.7 Å². The van der Waals surface area contributed by atoms with Gasteiger partial charge in [-0.25, -0.2) is 0 Å². The average molecular weight is 364 g/mol. The first-order valence-electron chi connectivity index (χ1n) is 9.61. The molecule has 0 radical (unpaired) electrons. The third-order valence-electron chi connectivity index (χ3n) is 6.10. The van der Waals surface area contributed by atoms with Crippen LogP contribution >= 0.6 is 12.4 Å². The van der Waals surface area contributed by atoms with Crippen LogP contribution in [0.25, 0.3) is 0 Å². The summed E-state index contributed by atoms with van der Waals surface area (Å²) in [6.45, 7) is 6.31. The van der Waals surface area contributed by atoms with E-state index >= 15 is 0 Å². The molecule has 0 spiro atoms. The SMILES string of the molecule is Cl.O=C(CC1CCCc2ccccc21)N1CCC(N2CCNCC2)C1. The van der Waals surface area contributed by atoms with Crippen LogP contribution in [0.3, 0.4) is 0 Å². The maximum Gasteiger partial charge on any atom is 0.223 e. The summed E-state index contributed by atoms with van der Waals surface area (Å²) in [6, 6.07) is 9.30. The van der Waals surface area contributed by atoms with Gasteiger partial charge < -0.3 is 10.2 Å². The summed E-state index contributed by atoms with van der Waals surface area (Å²) in [5, 5.41) is 3.41. The lowest BCUT2D eigenvalue weighted by Crippen LogP contribution is -2.49. The maximum absolute atomic E-state index is 12.8. The van der Waals surface area contributed by atoms with E-state index in [2.05, 4.69) is 39.4 Å². The Labute approximate surface area is 157 Å². The third kappa shape index (κ3) is 4.18. The number of likely N-dealkylation sites (tertiary alicyclic amines) is 1. The van der Waals surface area contributed by atoms with Crippen molar-refractivity contribution in [2.24, 2.45) is 0 Å². The van der Waals surface area contributed by atoms with E-state index < -0.39 is 0 Å². The number of rotatable bonds is 3. The van der Waals surface area contributed by atoms with Gasteiger partial charge in [0.25, 0.3) is 0 Å². The van der Waals surface area contributed by atoms with E-state index in [1.165, 1.54) is 24.0 Å². The summed E-state index contributed by atoms with van der Waals surface area (Å²) in [6.07, 6.45) is 5.41. The van der Waals surface area contributed by atoms with Crippen LogP contribution in [0.15, 0.2) is 24.3 Å². The van der Waals surface area contributed by atoms with Gasteiger partial charge in [-0.1, -0.05) is 24.3 Å². The molecule has 2 aliphatic heterocycles. The summed E-state index contributed by atoms with van der Waals surface area (Å²) in [7, 11) is 0. The maximum atomic E-state index is 12.8. The second-order valence-electron chi connectivity index (χ2n) is 7.56. The van der Waals surface area contributed by atoms with Crippen LogP contribution < -0.4 is 5.32 Å². The number of fused-ring (bicyclic) bond motifs is 1. The highest BCUT2D eigenvalue weighted by atomic mass is 35.5. The number of aryl methyl sites for hydroxylation is 1. The first-order chi connectivity index (χ1) is 11.8. The molecule has 0 saturated carbocycles. The highest BCUT2D eigenvalue weighted by Crippen LogP contribution is 2.34. The lowest BCUT2D eigenvalue weighted by atomic mass is 9.81. The molecular formula is C20H30ClN3O. The molecular weight excluding hydrogens is 334 g/mol. The monoisotopic (exact) mass is 363 g/mol. The largest absolute Gasteiger partial charge is 0.341 e. The third-order valence-corrected chi connectivity index (χ3v) is 6.10. The van der Waals surface area contributed by atoms with Crippen LogP contribution in [0, 0.1) is 0 Å². The minimum atomic E-state index is 0. The number of nitrogens with one attached hydrogen (secondary N) is 1. The normalized spacial score (nSPS) is 26.8. The minimum absolute atomic E-state index is 0. The van der Waals surface area contributed by atoms with Gasteiger partial charge in [-0.2, -0.15) is 0 Å². The van der Waals surface area contributed by atoms with E-state index in [9.17, 15) is 4.79 Å². The fraction of sp³-hybridized carbons (Fsp3) is 0.650. The number of nitrogens with zero attached hydrogens (tertiary/aromatic N) is 2. The quantitative estimate of drug-likeness (QED) is 0.895. The van der Waals surface area contributed by atoms with Crippen LogP contribution in [0.2, 0.25) is 0 Å². The van der Waals surface area contributed by atoms with Crippen molar-refractivity contribution >= 4 is 18.3 Å². The first kappa shape index (κ1) is 18.7. The Kier molecular flexibility index (Phi) is 6.37. The fourth-order valence-electron chi connectivity index (χ4n) is 4.72. The zero-order valence-corrected chi connectivity index (χ0v) is 15.8. The minimum Gasteiger partial charge on any atom is -0.341 e. The highest BCUT2D eigenvalue weighted by Gasteiger charge is 2.32. The Bertz CT molecular complexity index is 588. The van der Waals surface area contributed by atoms with E-state index in [4.69, 9.17) is 0 Å². The van der Waals surface area contributed by atoms with E-state index in [0.29, 0.717) is 24.3 Å². The average Bonchev–Trinajstić information content (AvgIpc) is 3.13. The van der Waals surface area contributed by atoms with Crippen molar-refractivity contribution in [2.75, 3.05) is 39.3 Å². The lowest BCUT2D eigenvalue weighted by molar-refractivity contribution is -0.130. The molecule has 1 aromatic carbocycles. The topological polar surface area (TPSA) is 35.6 Å². The van der Waals surface area contributed by atoms with Gasteiger partial charge >= 0.3 is 0 Å². The summed E-state index contributed by atoms with van der Waals surface area (Å²) < 4.78 is 0. The molecule has 2 heterocycles. The summed E-state index contributed by atoms with van der Waals surface area (Å²) >= 11 is 0. The van der Waals surface area contributed by atoms with E-state index in [-0.39, 0.29) is 12.4 Å². The van der Waals surface area contributed by atoms with Crippen molar-refractivity contribution in [2.45, 2.75) is 44.1 Å². The Hall–Kier alpha value is -1.10. The molecule has 25 heavy (non-hydrogen) atoms. The molecule has 4 nitrogen and oxygen atoms in total. The Morgan fingerprint density at radius 3 is 2.76 bits per heavy atom. The van der Waals surface area contributed by atoms with Crippen molar-refractivity contribution in [3.63, 3.8) is 0 Å². The number of hydrogen-bond donors (Lipinski definition) is 1. The molecule has 3 aliphatic rings. The van der Waals surface area contributed by atoms with Crippen LogP contribution in [-0.2, 0) is 11.2 Å². The highest BCUT2D eigenvalue weighted by molar-refractivity contribution is 5.85. The molecule has 2 fully saturated rings. The molecule has 4 rings (SSSR count). The number of benzene rings is 1. The summed E-state index contributed by atoms with van der Waals surface area (Å²) in [4.78, 5) is 17.5. The number of piperazine rings is 1. The number of halogens is 1. The van der Waals surface area contributed by atoms with Crippen LogP contribution in [0.5, 0.6) is 0 Å². The Morgan fingerprint density at radius 1 is 1.12 bits per heavy atom. The zero-order chi connectivity index (χ0) is 16.4. The molecule has 2 unspecified atom stereocenters. The number of carbonyl (C=O) groups is 1. The van der Waals surface area contributed by atoms with Crippen molar-refractivity contribution < 1.29 is 4.79 Å². The van der Waals surface area contributed by atoms with Crippen molar-refractivity contribution in [3.05, 3.63) is 35.4 Å². The van der Waals surface area contributed by atoms with Crippen LogP contribution in [0.4, 0.5) is 0 Å².